The van der Waals surface area contributed by atoms with Crippen molar-refractivity contribution in [2.45, 2.75) is 431 Å². The molecule has 0 aromatic heterocycles. The molecule has 0 aromatic rings. The van der Waals surface area contributed by atoms with Gasteiger partial charge >= 0.3 is 17.9 Å². The topological polar surface area (TPSA) is 78.9 Å². The van der Waals surface area contributed by atoms with Crippen LogP contribution in [0.4, 0.5) is 0 Å². The maximum atomic E-state index is 13.0. The molecular formula is C76H144O6. The van der Waals surface area contributed by atoms with Crippen molar-refractivity contribution in [3.05, 3.63) is 24.3 Å². The Morgan fingerprint density at radius 2 is 0.439 bits per heavy atom. The molecule has 6 heteroatoms. The van der Waals surface area contributed by atoms with Crippen molar-refractivity contribution >= 4 is 17.9 Å². The molecule has 0 fully saturated rings. The molecule has 0 bridgehead atoms. The minimum atomic E-state index is -0.771. The first-order valence-corrected chi connectivity index (χ1v) is 37.3. The molecule has 1 atom stereocenters. The molecular weight excluding hydrogens is 1010 g/mol. The number of carbonyl (C=O) groups is 3. The lowest BCUT2D eigenvalue weighted by molar-refractivity contribution is -0.167. The number of ether oxygens (including phenoxy) is 3. The van der Waals surface area contributed by atoms with Crippen LogP contribution in [0.3, 0.4) is 0 Å². The van der Waals surface area contributed by atoms with Crippen molar-refractivity contribution in [3.63, 3.8) is 0 Å². The van der Waals surface area contributed by atoms with E-state index in [1.807, 2.05) is 0 Å². The first-order chi connectivity index (χ1) is 40.5. The van der Waals surface area contributed by atoms with Crippen molar-refractivity contribution in [3.8, 4) is 0 Å². The normalized spacial score (nSPS) is 12.1. The quantitative estimate of drug-likeness (QED) is 0.0261. The summed E-state index contributed by atoms with van der Waals surface area (Å²) in [6.07, 6.45) is 87.9. The Morgan fingerprint density at radius 3 is 0.695 bits per heavy atom. The van der Waals surface area contributed by atoms with Crippen molar-refractivity contribution in [2.24, 2.45) is 0 Å². The highest BCUT2D eigenvalue weighted by atomic mass is 16.6. The van der Waals surface area contributed by atoms with E-state index in [2.05, 4.69) is 45.1 Å². The van der Waals surface area contributed by atoms with Gasteiger partial charge in [0.2, 0.25) is 0 Å². The Hall–Kier alpha value is -2.11. The molecule has 0 aromatic carbocycles. The third kappa shape index (κ3) is 68.7. The van der Waals surface area contributed by atoms with Crippen molar-refractivity contribution < 1.29 is 28.6 Å². The smallest absolute Gasteiger partial charge is 0.306 e. The van der Waals surface area contributed by atoms with E-state index in [1.165, 1.54) is 321 Å². The van der Waals surface area contributed by atoms with Crippen molar-refractivity contribution in [1.29, 1.82) is 0 Å². The van der Waals surface area contributed by atoms with Gasteiger partial charge in [0.1, 0.15) is 13.2 Å². The van der Waals surface area contributed by atoms with E-state index in [9.17, 15) is 14.4 Å². The maximum absolute atomic E-state index is 13.0. The molecule has 82 heavy (non-hydrogen) atoms. The molecule has 1 unspecified atom stereocenters. The van der Waals surface area contributed by atoms with Crippen LogP contribution in [0.25, 0.3) is 0 Å². The molecule has 484 valence electrons. The number of rotatable bonds is 70. The lowest BCUT2D eigenvalue weighted by Gasteiger charge is -2.18. The fourth-order valence-corrected chi connectivity index (χ4v) is 11.6. The van der Waals surface area contributed by atoms with Crippen LogP contribution in [-0.4, -0.2) is 37.2 Å². The van der Waals surface area contributed by atoms with Crippen LogP contribution in [0.2, 0.25) is 0 Å². The second-order valence-corrected chi connectivity index (χ2v) is 25.6. The van der Waals surface area contributed by atoms with Gasteiger partial charge in [0.15, 0.2) is 6.10 Å². The Bertz CT molecular complexity index is 1320. The van der Waals surface area contributed by atoms with Gasteiger partial charge in [0.25, 0.3) is 0 Å². The standard InChI is InChI=1S/C76H144O6/c1-4-7-10-13-16-19-22-25-28-31-34-36-37-38-39-40-43-45-48-51-54-57-60-63-66-69-75(78)81-72-73(71-80-74(77)68-65-62-59-56-53-50-47-44-41-33-30-27-24-21-18-15-12-9-6-3)82-76(79)70-67-64-61-58-55-52-49-46-42-35-32-29-26-23-20-17-14-11-8-5-2/h18,21,27,30,73H,4-17,19-20,22-26,28-29,31-72H2,1-3H3/b21-18-,30-27-. The molecule has 6 nitrogen and oxygen atoms in total. The average Bonchev–Trinajstić information content (AvgIpc) is 3.47. The van der Waals surface area contributed by atoms with E-state index in [1.54, 1.807) is 0 Å². The number of esters is 3. The summed E-state index contributed by atoms with van der Waals surface area (Å²) in [6, 6.07) is 0. The Kier molecular flexibility index (Phi) is 69.5. The number of unbranched alkanes of at least 4 members (excludes halogenated alkanes) is 55. The number of hydrogen-bond acceptors (Lipinski definition) is 6. The molecule has 0 saturated carbocycles. The van der Waals surface area contributed by atoms with Crippen LogP contribution in [0.1, 0.15) is 425 Å². The van der Waals surface area contributed by atoms with Gasteiger partial charge in [-0.15, -0.1) is 0 Å². The maximum Gasteiger partial charge on any atom is 0.306 e. The van der Waals surface area contributed by atoms with Gasteiger partial charge in [-0.05, 0) is 51.4 Å². The van der Waals surface area contributed by atoms with Gasteiger partial charge in [-0.2, -0.15) is 0 Å². The van der Waals surface area contributed by atoms with Crippen LogP contribution in [-0.2, 0) is 28.6 Å². The van der Waals surface area contributed by atoms with Crippen molar-refractivity contribution in [2.75, 3.05) is 13.2 Å². The molecule has 0 rings (SSSR count). The third-order valence-corrected chi connectivity index (χ3v) is 17.2. The van der Waals surface area contributed by atoms with Gasteiger partial charge in [0, 0.05) is 19.3 Å². The lowest BCUT2D eigenvalue weighted by Crippen LogP contribution is -2.30. The molecule has 0 saturated heterocycles. The van der Waals surface area contributed by atoms with Gasteiger partial charge in [-0.25, -0.2) is 0 Å². The molecule has 0 heterocycles. The van der Waals surface area contributed by atoms with Crippen molar-refractivity contribution in [1.82, 2.24) is 0 Å². The van der Waals surface area contributed by atoms with E-state index in [-0.39, 0.29) is 31.1 Å². The van der Waals surface area contributed by atoms with Crippen LogP contribution in [0.15, 0.2) is 24.3 Å². The zero-order valence-corrected chi connectivity index (χ0v) is 55.8. The summed E-state index contributed by atoms with van der Waals surface area (Å²) in [5, 5.41) is 0. The Morgan fingerprint density at radius 1 is 0.244 bits per heavy atom. The minimum absolute atomic E-state index is 0.0654. The molecule has 0 aliphatic heterocycles. The summed E-state index contributed by atoms with van der Waals surface area (Å²) >= 11 is 0. The summed E-state index contributed by atoms with van der Waals surface area (Å²) in [4.78, 5) is 38.5. The van der Waals surface area contributed by atoms with Crippen LogP contribution < -0.4 is 0 Å². The highest BCUT2D eigenvalue weighted by Crippen LogP contribution is 2.19. The fraction of sp³-hybridized carbons (Fsp3) is 0.908. The average molecular weight is 1150 g/mol. The molecule has 0 spiro atoms. The molecule has 0 N–H and O–H groups in total. The molecule has 0 amide bonds. The third-order valence-electron chi connectivity index (χ3n) is 17.2. The van der Waals surface area contributed by atoms with E-state index in [0.717, 1.165) is 64.2 Å². The van der Waals surface area contributed by atoms with Gasteiger partial charge in [0.05, 0.1) is 0 Å². The molecule has 0 aliphatic carbocycles. The molecule has 0 radical (unpaired) electrons. The van der Waals surface area contributed by atoms with E-state index in [0.29, 0.717) is 19.3 Å². The zero-order chi connectivity index (χ0) is 59.2. The number of carbonyl (C=O) groups excluding carboxylic acids is 3. The fourth-order valence-electron chi connectivity index (χ4n) is 11.6. The summed E-state index contributed by atoms with van der Waals surface area (Å²) in [7, 11) is 0. The SMILES string of the molecule is CCCCC/C=C\C/C=C\CCCCCCCCCCCC(=O)OCC(COC(=O)CCCCCCCCCCCCCCCCCCCCCCCCCCC)OC(=O)CCCCCCCCCCCCCCCCCCCCCC. The Balaban J connectivity index is 4.27. The monoisotopic (exact) mass is 1150 g/mol. The van der Waals surface area contributed by atoms with Crippen LogP contribution in [0, 0.1) is 0 Å². The van der Waals surface area contributed by atoms with Crippen LogP contribution in [0.5, 0.6) is 0 Å². The summed E-state index contributed by atoms with van der Waals surface area (Å²) < 4.78 is 17.0. The highest BCUT2D eigenvalue weighted by molar-refractivity contribution is 5.71. The first kappa shape index (κ1) is 79.9. The van der Waals surface area contributed by atoms with Crippen LogP contribution >= 0.6 is 0 Å². The summed E-state index contributed by atoms with van der Waals surface area (Å²) in [5.74, 6) is -0.832. The summed E-state index contributed by atoms with van der Waals surface area (Å²) in [6.45, 7) is 6.71. The van der Waals surface area contributed by atoms with E-state index in [4.69, 9.17) is 14.2 Å². The lowest BCUT2D eigenvalue weighted by atomic mass is 10.0. The predicted molar refractivity (Wildman–Crippen MR) is 358 cm³/mol. The van der Waals surface area contributed by atoms with E-state index < -0.39 is 6.10 Å². The molecule has 0 aliphatic rings. The largest absolute Gasteiger partial charge is 0.462 e. The number of allylic oxidation sites excluding steroid dienone is 4. The number of hydrogen-bond donors (Lipinski definition) is 0. The van der Waals surface area contributed by atoms with Gasteiger partial charge in [-0.1, -0.05) is 379 Å². The van der Waals surface area contributed by atoms with E-state index >= 15 is 0 Å². The summed E-state index contributed by atoms with van der Waals surface area (Å²) in [5.41, 5.74) is 0. The first-order valence-electron chi connectivity index (χ1n) is 37.3. The zero-order valence-electron chi connectivity index (χ0n) is 55.8. The Labute approximate surface area is 513 Å². The van der Waals surface area contributed by atoms with Gasteiger partial charge in [-0.3, -0.25) is 14.4 Å². The predicted octanol–water partition coefficient (Wildman–Crippen LogP) is 25.7. The minimum Gasteiger partial charge on any atom is -0.462 e. The van der Waals surface area contributed by atoms with Gasteiger partial charge < -0.3 is 14.2 Å². The highest BCUT2D eigenvalue weighted by Gasteiger charge is 2.20. The second-order valence-electron chi connectivity index (χ2n) is 25.6. The second kappa shape index (κ2) is 71.4.